The third-order valence-electron chi connectivity index (χ3n) is 9.89. The summed E-state index contributed by atoms with van der Waals surface area (Å²) in [5, 5.41) is 12.6. The van der Waals surface area contributed by atoms with Crippen LogP contribution in [0, 0.1) is 11.6 Å². The molecule has 4 heterocycles. The SMILES string of the molecule is CC(C)(C)OC(=O)N1CCC[C@H]1[C@@]1(c2ccccc2)Cc2c(cc(F)c(Cl)c2-c2c(C(=O)N[C@@H]3CCOC3)cnc(O[C@H]3CC[C@H]3O)c2F)O1. The van der Waals surface area contributed by atoms with E-state index in [1.807, 2.05) is 30.3 Å². The predicted octanol–water partition coefficient (Wildman–Crippen LogP) is 6.33. The largest absolute Gasteiger partial charge is 0.480 e. The van der Waals surface area contributed by atoms with Gasteiger partial charge < -0.3 is 34.3 Å². The van der Waals surface area contributed by atoms with Gasteiger partial charge in [-0.05, 0) is 58.4 Å². The van der Waals surface area contributed by atoms with Crippen LogP contribution in [0.15, 0.2) is 42.6 Å². The molecule has 2 saturated heterocycles. The highest BCUT2D eigenvalue weighted by atomic mass is 35.5. The van der Waals surface area contributed by atoms with Crippen molar-refractivity contribution in [2.24, 2.45) is 0 Å². The number of halogens is 3. The summed E-state index contributed by atoms with van der Waals surface area (Å²) in [7, 11) is 0. The number of benzene rings is 2. The number of nitrogens with one attached hydrogen (secondary N) is 1. The minimum Gasteiger partial charge on any atom is -0.480 e. The maximum Gasteiger partial charge on any atom is 0.410 e. The van der Waals surface area contributed by atoms with Gasteiger partial charge in [0.15, 0.2) is 11.4 Å². The molecule has 0 bridgehead atoms. The highest BCUT2D eigenvalue weighted by Gasteiger charge is 2.54. The highest BCUT2D eigenvalue weighted by molar-refractivity contribution is 6.34. The van der Waals surface area contributed by atoms with Crippen molar-refractivity contribution >= 4 is 23.6 Å². The van der Waals surface area contributed by atoms with E-state index < -0.39 is 64.0 Å². The molecule has 0 radical (unpaired) electrons. The van der Waals surface area contributed by atoms with E-state index >= 15 is 8.78 Å². The number of carbonyl (C=O) groups is 2. The molecule has 13 heteroatoms. The molecule has 5 atom stereocenters. The molecule has 0 unspecified atom stereocenters. The second-order valence-corrected chi connectivity index (χ2v) is 14.8. The molecule has 2 amide bonds. The van der Waals surface area contributed by atoms with Gasteiger partial charge in [-0.3, -0.25) is 4.79 Å². The average Bonchev–Trinajstić information content (AvgIpc) is 3.85. The monoisotopic (exact) mass is 711 g/mol. The van der Waals surface area contributed by atoms with Crippen molar-refractivity contribution in [1.29, 1.82) is 0 Å². The number of fused-ring (bicyclic) bond motifs is 1. The Morgan fingerprint density at radius 1 is 1.12 bits per heavy atom. The number of aliphatic hydroxyl groups excluding tert-OH is 1. The third-order valence-corrected chi connectivity index (χ3v) is 10.3. The Kier molecular flexibility index (Phi) is 9.15. The van der Waals surface area contributed by atoms with Crippen molar-refractivity contribution in [3.8, 4) is 22.8 Å². The lowest BCUT2D eigenvalue weighted by atomic mass is 9.79. The molecular weight excluding hydrogens is 672 g/mol. The smallest absolute Gasteiger partial charge is 0.410 e. The zero-order chi connectivity index (χ0) is 35.4. The first kappa shape index (κ1) is 34.4. The standard InChI is InChI=1S/C37H40ClF2N3O7/c1-36(2,3)50-35(46)43-14-7-10-28(43)37(20-8-5-4-6-9-20)17-22-27(49-37)16-24(39)31(38)29(22)30-23(33(45)42-21-13-15-47-19-21)18-41-34(32(30)40)48-26-12-11-25(26)44/h4-6,8-9,16,18,21,25-26,28,44H,7,10-15,17,19H2,1-3H3,(H,42,45)/t21-,25-,26+,28+,37+/m1/s1. The number of likely N-dealkylation sites (tertiary alicyclic amines) is 1. The maximum absolute atomic E-state index is 16.9. The van der Waals surface area contributed by atoms with E-state index in [-0.39, 0.29) is 41.5 Å². The molecule has 1 aliphatic carbocycles. The number of aliphatic hydroxyl groups is 1. The molecule has 10 nitrogen and oxygen atoms in total. The van der Waals surface area contributed by atoms with Crippen molar-refractivity contribution in [3.05, 3.63) is 75.9 Å². The van der Waals surface area contributed by atoms with Gasteiger partial charge in [0, 0.05) is 48.5 Å². The average molecular weight is 712 g/mol. The molecule has 2 N–H and O–H groups in total. The Morgan fingerprint density at radius 2 is 1.90 bits per heavy atom. The van der Waals surface area contributed by atoms with Crippen LogP contribution in [-0.4, -0.2) is 76.6 Å². The molecular formula is C37H40ClF2N3O7. The van der Waals surface area contributed by atoms with Crippen LogP contribution in [0.25, 0.3) is 11.1 Å². The minimum absolute atomic E-state index is 0.0580. The predicted molar refractivity (Wildman–Crippen MR) is 179 cm³/mol. The van der Waals surface area contributed by atoms with Crippen LogP contribution >= 0.6 is 11.6 Å². The van der Waals surface area contributed by atoms with Crippen LogP contribution in [-0.2, 0) is 21.5 Å². The van der Waals surface area contributed by atoms with Gasteiger partial charge in [-0.25, -0.2) is 18.6 Å². The summed E-state index contributed by atoms with van der Waals surface area (Å²) < 4.78 is 56.6. The molecule has 7 rings (SSSR count). The molecule has 2 aromatic carbocycles. The van der Waals surface area contributed by atoms with Crippen LogP contribution in [0.2, 0.25) is 5.02 Å². The number of aromatic nitrogens is 1. The Bertz CT molecular complexity index is 1800. The van der Waals surface area contributed by atoms with E-state index in [0.717, 1.165) is 11.6 Å². The van der Waals surface area contributed by atoms with Crippen molar-refractivity contribution in [1.82, 2.24) is 15.2 Å². The van der Waals surface area contributed by atoms with Crippen LogP contribution in [0.5, 0.6) is 11.6 Å². The van der Waals surface area contributed by atoms with Crippen LogP contribution in [0.4, 0.5) is 13.6 Å². The van der Waals surface area contributed by atoms with Gasteiger partial charge in [0.2, 0.25) is 0 Å². The third kappa shape index (κ3) is 6.26. The highest BCUT2D eigenvalue weighted by Crippen LogP contribution is 2.53. The lowest BCUT2D eigenvalue weighted by Gasteiger charge is -2.40. The normalized spacial score (nSPS) is 25.9. The molecule has 1 aromatic heterocycles. The molecule has 50 heavy (non-hydrogen) atoms. The number of pyridine rings is 1. The van der Waals surface area contributed by atoms with Gasteiger partial charge in [-0.15, -0.1) is 0 Å². The first-order chi connectivity index (χ1) is 23.9. The number of carbonyl (C=O) groups excluding carboxylic acids is 2. The second kappa shape index (κ2) is 13.3. The van der Waals surface area contributed by atoms with Gasteiger partial charge >= 0.3 is 6.09 Å². The van der Waals surface area contributed by atoms with E-state index in [2.05, 4.69) is 10.3 Å². The van der Waals surface area contributed by atoms with Gasteiger partial charge in [0.25, 0.3) is 11.8 Å². The number of rotatable bonds is 7. The quantitative estimate of drug-likeness (QED) is 0.292. The summed E-state index contributed by atoms with van der Waals surface area (Å²) in [5.74, 6) is -2.90. The van der Waals surface area contributed by atoms with E-state index in [0.29, 0.717) is 50.8 Å². The van der Waals surface area contributed by atoms with Crippen LogP contribution < -0.4 is 14.8 Å². The first-order valence-electron chi connectivity index (χ1n) is 17.0. The fraction of sp³-hybridized carbons (Fsp3) is 0.486. The summed E-state index contributed by atoms with van der Waals surface area (Å²) in [6.45, 7) is 6.55. The summed E-state index contributed by atoms with van der Waals surface area (Å²) >= 11 is 6.77. The second-order valence-electron chi connectivity index (χ2n) is 14.4. The zero-order valence-corrected chi connectivity index (χ0v) is 28.9. The molecule has 0 spiro atoms. The lowest BCUT2D eigenvalue weighted by molar-refractivity contribution is -0.0399. The molecule has 266 valence electrons. The topological polar surface area (TPSA) is 119 Å². The fourth-order valence-corrected chi connectivity index (χ4v) is 7.59. The molecule has 1 saturated carbocycles. The number of nitrogens with zero attached hydrogens (tertiary/aromatic N) is 2. The zero-order valence-electron chi connectivity index (χ0n) is 28.1. The van der Waals surface area contributed by atoms with E-state index in [4.69, 9.17) is 30.5 Å². The number of ether oxygens (including phenoxy) is 4. The van der Waals surface area contributed by atoms with Gasteiger partial charge in [0.05, 0.1) is 35.4 Å². The van der Waals surface area contributed by atoms with Crippen molar-refractivity contribution < 1.29 is 42.4 Å². The first-order valence-corrected chi connectivity index (χ1v) is 17.4. The molecule has 3 aromatic rings. The molecule has 3 aliphatic heterocycles. The molecule has 3 fully saturated rings. The maximum atomic E-state index is 16.9. The van der Waals surface area contributed by atoms with Crippen molar-refractivity contribution in [3.63, 3.8) is 0 Å². The van der Waals surface area contributed by atoms with Crippen LogP contribution in [0.1, 0.15) is 74.4 Å². The Hall–Kier alpha value is -4.00. The Labute approximate surface area is 294 Å². The van der Waals surface area contributed by atoms with Gasteiger partial charge in [-0.2, -0.15) is 0 Å². The fourth-order valence-electron chi connectivity index (χ4n) is 7.33. The minimum atomic E-state index is -1.24. The summed E-state index contributed by atoms with van der Waals surface area (Å²) in [5.41, 5.74) is -1.48. The van der Waals surface area contributed by atoms with E-state index in [1.54, 1.807) is 25.7 Å². The number of hydrogen-bond donors (Lipinski definition) is 2. The number of hydrogen-bond acceptors (Lipinski definition) is 8. The summed E-state index contributed by atoms with van der Waals surface area (Å²) in [6, 6.07) is 9.60. The Balaban J connectivity index is 1.38. The molecule has 4 aliphatic rings. The Morgan fingerprint density at radius 3 is 2.56 bits per heavy atom. The van der Waals surface area contributed by atoms with E-state index in [1.165, 1.54) is 6.20 Å². The lowest BCUT2D eigenvalue weighted by Crippen LogP contribution is -2.53. The summed E-state index contributed by atoms with van der Waals surface area (Å²) in [4.78, 5) is 33.2. The van der Waals surface area contributed by atoms with Crippen LogP contribution in [0.3, 0.4) is 0 Å². The van der Waals surface area contributed by atoms with Gasteiger partial charge in [-0.1, -0.05) is 41.9 Å². The van der Waals surface area contributed by atoms with E-state index in [9.17, 15) is 14.7 Å². The number of amides is 2. The van der Waals surface area contributed by atoms with Gasteiger partial charge in [0.1, 0.15) is 23.3 Å². The van der Waals surface area contributed by atoms with Crippen molar-refractivity contribution in [2.45, 2.75) is 94.8 Å². The van der Waals surface area contributed by atoms with Crippen molar-refractivity contribution in [2.75, 3.05) is 19.8 Å². The summed E-state index contributed by atoms with van der Waals surface area (Å²) in [6.07, 6.45) is 2.01.